The second-order valence-corrected chi connectivity index (χ2v) is 7.81. The third kappa shape index (κ3) is 3.80. The van der Waals surface area contributed by atoms with E-state index in [1.54, 1.807) is 31.2 Å². The summed E-state index contributed by atoms with van der Waals surface area (Å²) < 4.78 is 27.0. The fraction of sp³-hybridized carbons (Fsp3) is 0.368. The zero-order valence-corrected chi connectivity index (χ0v) is 15.8. The minimum absolute atomic E-state index is 0.0419. The monoisotopic (exact) mass is 362 g/mol. The fourth-order valence-corrected chi connectivity index (χ4v) is 5.06. The quantitative estimate of drug-likeness (QED) is 0.740. The van der Waals surface area contributed by atoms with E-state index >= 15 is 0 Å². The van der Waals surface area contributed by atoms with Crippen LogP contribution in [0.1, 0.15) is 25.0 Å². The van der Waals surface area contributed by atoms with E-state index in [2.05, 4.69) is 0 Å². The standard InChI is InChI=1S/C19H26N2O3S/c1-4-15-9-10-16(20)13-18(15)25(23,24)19-14(3)7-6-8-17(19)21(5-2)11-12-22/h6-10,13,22H,4-5,11-12,20H2,1-3H3. The van der Waals surface area contributed by atoms with Crippen molar-refractivity contribution in [2.24, 2.45) is 0 Å². The van der Waals surface area contributed by atoms with Crippen molar-refractivity contribution in [3.63, 3.8) is 0 Å². The molecular formula is C19H26N2O3S. The molecule has 0 aromatic heterocycles. The third-order valence-electron chi connectivity index (χ3n) is 4.31. The van der Waals surface area contributed by atoms with E-state index in [0.717, 1.165) is 5.56 Å². The topological polar surface area (TPSA) is 83.6 Å². The van der Waals surface area contributed by atoms with Crippen LogP contribution >= 0.6 is 0 Å². The van der Waals surface area contributed by atoms with Crippen LogP contribution in [0.15, 0.2) is 46.2 Å². The van der Waals surface area contributed by atoms with E-state index in [-0.39, 0.29) is 16.4 Å². The van der Waals surface area contributed by atoms with Gasteiger partial charge in [-0.1, -0.05) is 25.1 Å². The summed E-state index contributed by atoms with van der Waals surface area (Å²) in [4.78, 5) is 2.41. The van der Waals surface area contributed by atoms with Crippen molar-refractivity contribution in [2.75, 3.05) is 30.3 Å². The average Bonchev–Trinajstić information content (AvgIpc) is 2.59. The first kappa shape index (κ1) is 19.3. The highest BCUT2D eigenvalue weighted by molar-refractivity contribution is 7.91. The van der Waals surface area contributed by atoms with E-state index in [1.165, 1.54) is 6.07 Å². The van der Waals surface area contributed by atoms with Gasteiger partial charge in [0.2, 0.25) is 9.84 Å². The van der Waals surface area contributed by atoms with Crippen LogP contribution in [0.4, 0.5) is 11.4 Å². The number of sulfone groups is 1. The van der Waals surface area contributed by atoms with Crippen LogP contribution in [-0.2, 0) is 16.3 Å². The molecule has 0 aliphatic carbocycles. The van der Waals surface area contributed by atoms with Crippen molar-refractivity contribution < 1.29 is 13.5 Å². The number of rotatable bonds is 7. The number of benzene rings is 2. The lowest BCUT2D eigenvalue weighted by molar-refractivity contribution is 0.302. The van der Waals surface area contributed by atoms with E-state index in [1.807, 2.05) is 24.8 Å². The second-order valence-electron chi connectivity index (χ2n) is 5.95. The van der Waals surface area contributed by atoms with Gasteiger partial charge >= 0.3 is 0 Å². The van der Waals surface area contributed by atoms with E-state index in [9.17, 15) is 13.5 Å². The molecule has 0 amide bonds. The van der Waals surface area contributed by atoms with Crippen LogP contribution in [-0.4, -0.2) is 33.2 Å². The maximum Gasteiger partial charge on any atom is 0.209 e. The van der Waals surface area contributed by atoms with Crippen molar-refractivity contribution in [2.45, 2.75) is 37.0 Å². The van der Waals surface area contributed by atoms with Crippen molar-refractivity contribution in [3.05, 3.63) is 47.5 Å². The molecule has 0 fully saturated rings. The molecule has 2 rings (SSSR count). The molecule has 0 heterocycles. The number of nitrogens with two attached hydrogens (primary N) is 1. The Hall–Kier alpha value is -2.05. The number of hydrogen-bond acceptors (Lipinski definition) is 5. The molecule has 0 saturated carbocycles. The molecule has 2 aromatic rings. The number of aliphatic hydroxyl groups excluding tert-OH is 1. The Morgan fingerprint density at radius 3 is 2.48 bits per heavy atom. The number of aryl methyl sites for hydroxylation is 2. The predicted octanol–water partition coefficient (Wildman–Crippen LogP) is 2.79. The van der Waals surface area contributed by atoms with E-state index in [0.29, 0.717) is 36.4 Å². The Bertz CT molecular complexity index is 848. The van der Waals surface area contributed by atoms with Gasteiger partial charge < -0.3 is 15.7 Å². The number of aliphatic hydroxyl groups is 1. The van der Waals surface area contributed by atoms with Crippen molar-refractivity contribution in [1.29, 1.82) is 0 Å². The van der Waals surface area contributed by atoms with E-state index in [4.69, 9.17) is 5.73 Å². The summed E-state index contributed by atoms with van der Waals surface area (Å²) in [6, 6.07) is 10.4. The molecule has 6 heteroatoms. The molecule has 0 aliphatic heterocycles. The highest BCUT2D eigenvalue weighted by atomic mass is 32.2. The largest absolute Gasteiger partial charge is 0.399 e. The van der Waals surface area contributed by atoms with Crippen LogP contribution in [0, 0.1) is 6.92 Å². The highest BCUT2D eigenvalue weighted by Crippen LogP contribution is 2.35. The summed E-state index contributed by atoms with van der Waals surface area (Å²) in [5.41, 5.74) is 8.32. The summed E-state index contributed by atoms with van der Waals surface area (Å²) >= 11 is 0. The van der Waals surface area contributed by atoms with Crippen LogP contribution < -0.4 is 10.6 Å². The summed E-state index contributed by atoms with van der Waals surface area (Å²) in [5, 5.41) is 9.32. The molecule has 0 atom stereocenters. The zero-order chi connectivity index (χ0) is 18.6. The molecule has 0 aliphatic rings. The molecule has 0 spiro atoms. The fourth-order valence-electron chi connectivity index (χ4n) is 3.03. The summed E-state index contributed by atoms with van der Waals surface area (Å²) in [6.45, 7) is 6.59. The lowest BCUT2D eigenvalue weighted by Crippen LogP contribution is -2.28. The molecule has 0 saturated heterocycles. The van der Waals surface area contributed by atoms with Crippen molar-refractivity contribution in [3.8, 4) is 0 Å². The van der Waals surface area contributed by atoms with Crippen molar-refractivity contribution in [1.82, 2.24) is 0 Å². The third-order valence-corrected chi connectivity index (χ3v) is 6.34. The number of hydrogen-bond donors (Lipinski definition) is 2. The molecule has 0 bridgehead atoms. The van der Waals surface area contributed by atoms with E-state index < -0.39 is 9.84 Å². The SMILES string of the molecule is CCc1ccc(N)cc1S(=O)(=O)c1c(C)cccc1N(CC)CCO. The molecule has 3 N–H and O–H groups in total. The molecule has 25 heavy (non-hydrogen) atoms. The summed E-state index contributed by atoms with van der Waals surface area (Å²) in [6.07, 6.45) is 0.601. The molecular weight excluding hydrogens is 336 g/mol. The maximum atomic E-state index is 13.5. The van der Waals surface area contributed by atoms with Gasteiger partial charge in [0.25, 0.3) is 0 Å². The Labute approximate surface area is 150 Å². The predicted molar refractivity (Wildman–Crippen MR) is 102 cm³/mol. The Kier molecular flexibility index (Phi) is 6.08. The van der Waals surface area contributed by atoms with Gasteiger partial charge in [-0.2, -0.15) is 0 Å². The first-order chi connectivity index (χ1) is 11.9. The minimum Gasteiger partial charge on any atom is -0.399 e. The first-order valence-corrected chi connectivity index (χ1v) is 9.94. The Morgan fingerprint density at radius 1 is 1.16 bits per heavy atom. The lowest BCUT2D eigenvalue weighted by Gasteiger charge is -2.26. The highest BCUT2D eigenvalue weighted by Gasteiger charge is 2.27. The number of likely N-dealkylation sites (N-methyl/N-ethyl adjacent to an activating group) is 1. The first-order valence-electron chi connectivity index (χ1n) is 8.45. The van der Waals surface area contributed by atoms with Gasteiger partial charge in [-0.15, -0.1) is 0 Å². The minimum atomic E-state index is -3.74. The molecule has 0 unspecified atom stereocenters. The van der Waals surface area contributed by atoms with Gasteiger partial charge in [0.1, 0.15) is 0 Å². The van der Waals surface area contributed by atoms with Crippen molar-refractivity contribution >= 4 is 21.2 Å². The summed E-state index contributed by atoms with van der Waals surface area (Å²) in [7, 11) is -3.74. The van der Waals surface area contributed by atoms with Gasteiger partial charge in [0.15, 0.2) is 0 Å². The molecule has 0 radical (unpaired) electrons. The smallest absolute Gasteiger partial charge is 0.209 e. The molecule has 2 aromatic carbocycles. The summed E-state index contributed by atoms with van der Waals surface area (Å²) in [5.74, 6) is 0. The van der Waals surface area contributed by atoms with Gasteiger partial charge in [-0.05, 0) is 49.6 Å². The Balaban J connectivity index is 2.75. The lowest BCUT2D eigenvalue weighted by atomic mass is 10.1. The number of nitrogen functional groups attached to an aromatic ring is 1. The van der Waals surface area contributed by atoms with Gasteiger partial charge in [0, 0.05) is 18.8 Å². The maximum absolute atomic E-state index is 13.5. The number of anilines is 2. The van der Waals surface area contributed by atoms with Gasteiger partial charge in [-0.25, -0.2) is 8.42 Å². The van der Waals surface area contributed by atoms with Crippen LogP contribution in [0.25, 0.3) is 0 Å². The Morgan fingerprint density at radius 2 is 1.88 bits per heavy atom. The zero-order valence-electron chi connectivity index (χ0n) is 15.0. The normalized spacial score (nSPS) is 11.5. The van der Waals surface area contributed by atoms with Gasteiger partial charge in [0.05, 0.1) is 22.1 Å². The van der Waals surface area contributed by atoms with Crippen LogP contribution in [0.2, 0.25) is 0 Å². The molecule has 136 valence electrons. The number of nitrogens with zero attached hydrogens (tertiary/aromatic N) is 1. The van der Waals surface area contributed by atoms with Gasteiger partial charge in [-0.3, -0.25) is 0 Å². The van der Waals surface area contributed by atoms with Crippen LogP contribution in [0.3, 0.4) is 0 Å². The second kappa shape index (κ2) is 7.89. The van der Waals surface area contributed by atoms with Crippen LogP contribution in [0.5, 0.6) is 0 Å². The molecule has 5 nitrogen and oxygen atoms in total. The average molecular weight is 362 g/mol.